The lowest BCUT2D eigenvalue weighted by Crippen LogP contribution is -2.11. The molecule has 2 rings (SSSR count). The first-order valence-corrected chi connectivity index (χ1v) is 7.22. The number of carbonyl (C=O) groups excluding carboxylic acids is 1. The van der Waals surface area contributed by atoms with Crippen molar-refractivity contribution in [1.29, 1.82) is 0 Å². The monoisotopic (exact) mass is 352 g/mol. The third kappa shape index (κ3) is 3.52. The summed E-state index contributed by atoms with van der Waals surface area (Å²) in [4.78, 5) is 11.1. The average Bonchev–Trinajstić information content (AvgIpc) is 2.40. The number of aryl methyl sites for hydroxylation is 1. The van der Waals surface area contributed by atoms with Gasteiger partial charge in [0.25, 0.3) is 0 Å². The van der Waals surface area contributed by atoms with Crippen molar-refractivity contribution in [1.82, 2.24) is 0 Å². The zero-order valence-corrected chi connectivity index (χ0v) is 13.3. The summed E-state index contributed by atoms with van der Waals surface area (Å²) >= 11 is 9.48. The zero-order valence-electron chi connectivity index (χ0n) is 10.9. The molecule has 0 heterocycles. The van der Waals surface area contributed by atoms with Crippen molar-refractivity contribution in [2.45, 2.75) is 13.5 Å². The third-order valence-electron chi connectivity index (χ3n) is 2.95. The van der Waals surface area contributed by atoms with E-state index in [1.165, 1.54) is 11.1 Å². The highest BCUT2D eigenvalue weighted by Crippen LogP contribution is 2.22. The summed E-state index contributed by atoms with van der Waals surface area (Å²) in [7, 11) is 0. The molecule has 1 amide bonds. The molecule has 104 valence electrons. The molecule has 0 aliphatic rings. The molecular formula is C15H14BrClN2O. The Balaban J connectivity index is 2.09. The number of nitrogens with two attached hydrogens (primary N) is 1. The van der Waals surface area contributed by atoms with Gasteiger partial charge < -0.3 is 11.1 Å². The quantitative estimate of drug-likeness (QED) is 0.868. The Kier molecular flexibility index (Phi) is 4.68. The molecule has 0 aromatic heterocycles. The molecule has 5 heteroatoms. The van der Waals surface area contributed by atoms with Gasteiger partial charge in [-0.15, -0.1) is 0 Å². The van der Waals surface area contributed by atoms with Crippen LogP contribution in [0.1, 0.15) is 21.5 Å². The lowest BCUT2D eigenvalue weighted by atomic mass is 10.1. The fourth-order valence-corrected chi connectivity index (χ4v) is 2.37. The third-order valence-corrected chi connectivity index (χ3v) is 4.16. The second kappa shape index (κ2) is 6.29. The molecule has 0 radical (unpaired) electrons. The Bertz CT molecular complexity index is 658. The molecular weight excluding hydrogens is 340 g/mol. The predicted molar refractivity (Wildman–Crippen MR) is 86.2 cm³/mol. The number of anilines is 1. The van der Waals surface area contributed by atoms with Crippen LogP contribution in [0.25, 0.3) is 0 Å². The van der Waals surface area contributed by atoms with Gasteiger partial charge in [-0.1, -0.05) is 39.7 Å². The minimum atomic E-state index is -0.523. The van der Waals surface area contributed by atoms with Gasteiger partial charge in [0.15, 0.2) is 0 Å². The number of carbonyl (C=O) groups is 1. The summed E-state index contributed by atoms with van der Waals surface area (Å²) in [5.41, 5.74) is 8.74. The van der Waals surface area contributed by atoms with Crippen molar-refractivity contribution in [2.75, 3.05) is 5.32 Å². The molecule has 2 aromatic carbocycles. The molecule has 0 unspecified atom stereocenters. The molecule has 20 heavy (non-hydrogen) atoms. The van der Waals surface area contributed by atoms with Gasteiger partial charge in [-0.25, -0.2) is 0 Å². The van der Waals surface area contributed by atoms with Gasteiger partial charge in [-0.3, -0.25) is 4.79 Å². The molecule has 0 spiro atoms. The van der Waals surface area contributed by atoms with E-state index in [9.17, 15) is 4.79 Å². The number of halogens is 2. The van der Waals surface area contributed by atoms with Crippen LogP contribution in [0, 0.1) is 6.92 Å². The highest BCUT2D eigenvalue weighted by Gasteiger charge is 2.07. The molecule has 0 saturated carbocycles. The Hall–Kier alpha value is -1.52. The van der Waals surface area contributed by atoms with Gasteiger partial charge in [-0.2, -0.15) is 0 Å². The summed E-state index contributed by atoms with van der Waals surface area (Å²) in [5.74, 6) is -0.523. The molecule has 2 aromatic rings. The van der Waals surface area contributed by atoms with E-state index in [0.717, 1.165) is 10.2 Å². The smallest absolute Gasteiger partial charge is 0.250 e. The standard InChI is InChI=1S/C15H14BrClN2O/c1-9-6-10(2-5-13(9)16)8-19-11-3-4-12(15(18)20)14(17)7-11/h2-7,19H,8H2,1H3,(H2,18,20). The number of hydrogen-bond acceptors (Lipinski definition) is 2. The van der Waals surface area contributed by atoms with Gasteiger partial charge in [0.05, 0.1) is 10.6 Å². The maximum Gasteiger partial charge on any atom is 0.250 e. The minimum absolute atomic E-state index is 0.330. The summed E-state index contributed by atoms with van der Waals surface area (Å²) in [5, 5.41) is 3.62. The number of hydrogen-bond donors (Lipinski definition) is 2. The molecule has 3 nitrogen and oxygen atoms in total. The summed E-state index contributed by atoms with van der Waals surface area (Å²) < 4.78 is 1.09. The summed E-state index contributed by atoms with van der Waals surface area (Å²) in [6.07, 6.45) is 0. The molecule has 0 atom stereocenters. The molecule has 0 aliphatic carbocycles. The number of rotatable bonds is 4. The highest BCUT2D eigenvalue weighted by molar-refractivity contribution is 9.10. The van der Waals surface area contributed by atoms with Gasteiger partial charge >= 0.3 is 0 Å². The van der Waals surface area contributed by atoms with Crippen LogP contribution in [0.2, 0.25) is 5.02 Å². The van der Waals surface area contributed by atoms with Crippen molar-refractivity contribution >= 4 is 39.1 Å². The predicted octanol–water partition coefficient (Wildman–Crippen LogP) is 4.12. The van der Waals surface area contributed by atoms with E-state index in [1.807, 2.05) is 19.1 Å². The maximum absolute atomic E-state index is 11.1. The Morgan fingerprint density at radius 2 is 2.05 bits per heavy atom. The van der Waals surface area contributed by atoms with Crippen LogP contribution >= 0.6 is 27.5 Å². The van der Waals surface area contributed by atoms with E-state index in [4.69, 9.17) is 17.3 Å². The fraction of sp³-hybridized carbons (Fsp3) is 0.133. The van der Waals surface area contributed by atoms with Crippen molar-refractivity contribution < 1.29 is 4.79 Å². The van der Waals surface area contributed by atoms with E-state index in [0.29, 0.717) is 17.1 Å². The van der Waals surface area contributed by atoms with Gasteiger partial charge in [0.1, 0.15) is 0 Å². The minimum Gasteiger partial charge on any atom is -0.381 e. The first kappa shape index (κ1) is 14.9. The van der Waals surface area contributed by atoms with Crippen LogP contribution in [0.5, 0.6) is 0 Å². The van der Waals surface area contributed by atoms with E-state index in [-0.39, 0.29) is 0 Å². The average molecular weight is 354 g/mol. The summed E-state index contributed by atoms with van der Waals surface area (Å²) in [6.45, 7) is 2.73. The Morgan fingerprint density at radius 3 is 2.65 bits per heavy atom. The first-order valence-electron chi connectivity index (χ1n) is 6.05. The second-order valence-electron chi connectivity index (χ2n) is 4.50. The van der Waals surface area contributed by atoms with Gasteiger partial charge in [-0.05, 0) is 42.3 Å². The SMILES string of the molecule is Cc1cc(CNc2ccc(C(N)=O)c(Cl)c2)ccc1Br. The molecule has 0 saturated heterocycles. The second-order valence-corrected chi connectivity index (χ2v) is 5.76. The highest BCUT2D eigenvalue weighted by atomic mass is 79.9. The topological polar surface area (TPSA) is 55.1 Å². The van der Waals surface area contributed by atoms with Crippen LogP contribution in [-0.2, 0) is 6.54 Å². The van der Waals surface area contributed by atoms with Crippen molar-refractivity contribution in [3.63, 3.8) is 0 Å². The van der Waals surface area contributed by atoms with Crippen LogP contribution in [0.3, 0.4) is 0 Å². The van der Waals surface area contributed by atoms with E-state index in [1.54, 1.807) is 18.2 Å². The van der Waals surface area contributed by atoms with Crippen LogP contribution in [0.4, 0.5) is 5.69 Å². The van der Waals surface area contributed by atoms with E-state index < -0.39 is 5.91 Å². The maximum atomic E-state index is 11.1. The van der Waals surface area contributed by atoms with E-state index >= 15 is 0 Å². The Morgan fingerprint density at radius 1 is 1.30 bits per heavy atom. The van der Waals surface area contributed by atoms with Gasteiger partial charge in [0, 0.05) is 16.7 Å². The Labute approximate surface area is 131 Å². The number of amides is 1. The first-order chi connectivity index (χ1) is 9.47. The van der Waals surface area contributed by atoms with Crippen LogP contribution in [0.15, 0.2) is 40.9 Å². The lowest BCUT2D eigenvalue weighted by molar-refractivity contribution is 0.100. The van der Waals surface area contributed by atoms with Crippen molar-refractivity contribution in [3.05, 3.63) is 62.6 Å². The molecule has 0 aliphatic heterocycles. The number of primary amides is 1. The van der Waals surface area contributed by atoms with Crippen LogP contribution < -0.4 is 11.1 Å². The number of benzene rings is 2. The molecule has 0 bridgehead atoms. The van der Waals surface area contributed by atoms with Crippen LogP contribution in [-0.4, -0.2) is 5.91 Å². The molecule has 0 fully saturated rings. The summed E-state index contributed by atoms with van der Waals surface area (Å²) in [6, 6.07) is 11.3. The lowest BCUT2D eigenvalue weighted by Gasteiger charge is -2.09. The van der Waals surface area contributed by atoms with E-state index in [2.05, 4.69) is 27.3 Å². The van der Waals surface area contributed by atoms with Crippen molar-refractivity contribution in [2.24, 2.45) is 5.73 Å². The van der Waals surface area contributed by atoms with Gasteiger partial charge in [0.2, 0.25) is 5.91 Å². The number of nitrogens with one attached hydrogen (secondary N) is 1. The largest absolute Gasteiger partial charge is 0.381 e. The fourth-order valence-electron chi connectivity index (χ4n) is 1.85. The molecule has 3 N–H and O–H groups in total. The normalized spacial score (nSPS) is 10.3. The van der Waals surface area contributed by atoms with Crippen molar-refractivity contribution in [3.8, 4) is 0 Å². The zero-order chi connectivity index (χ0) is 14.7.